The monoisotopic (exact) mass is 570 g/mol. The van der Waals surface area contributed by atoms with Gasteiger partial charge in [0.05, 0.1) is 24.1 Å². The molecule has 0 fully saturated rings. The summed E-state index contributed by atoms with van der Waals surface area (Å²) in [7, 11) is 3.85. The van der Waals surface area contributed by atoms with E-state index in [9.17, 15) is 13.6 Å². The van der Waals surface area contributed by atoms with Crippen molar-refractivity contribution in [2.24, 2.45) is 7.05 Å². The smallest absolute Gasteiger partial charge is 0.290 e. The second kappa shape index (κ2) is 13.6. The van der Waals surface area contributed by atoms with E-state index < -0.39 is 23.7 Å². The third-order valence-electron chi connectivity index (χ3n) is 6.41. The number of rotatable bonds is 10. The van der Waals surface area contributed by atoms with Crippen molar-refractivity contribution in [3.63, 3.8) is 0 Å². The minimum atomic E-state index is -1.55. The molecule has 1 aliphatic heterocycles. The molecule has 3 atom stereocenters. The first-order valence-corrected chi connectivity index (χ1v) is 13.7. The van der Waals surface area contributed by atoms with Crippen molar-refractivity contribution in [1.82, 2.24) is 24.4 Å². The molecule has 11 heteroatoms. The lowest BCUT2D eigenvalue weighted by atomic mass is 9.96. The molecule has 0 radical (unpaired) electrons. The van der Waals surface area contributed by atoms with Crippen LogP contribution in [-0.4, -0.2) is 48.5 Å². The van der Waals surface area contributed by atoms with Crippen molar-refractivity contribution in [3.05, 3.63) is 88.5 Å². The number of H-pyrrole nitrogens is 1. The van der Waals surface area contributed by atoms with E-state index in [0.717, 1.165) is 17.7 Å². The Hall–Kier alpha value is -3.65. The van der Waals surface area contributed by atoms with Gasteiger partial charge in [-0.1, -0.05) is 28.3 Å². The summed E-state index contributed by atoms with van der Waals surface area (Å²) in [5.41, 5.74) is 2.78. The Morgan fingerprint density at radius 2 is 2.05 bits per heavy atom. The zero-order chi connectivity index (χ0) is 29.6. The number of carbonyl (C=O) groups excluding carboxylic acids is 1. The minimum Gasteiger partial charge on any atom is -0.449 e. The number of fused-ring (bicyclic) bond motifs is 1. The van der Waals surface area contributed by atoms with E-state index in [2.05, 4.69) is 15.0 Å². The zero-order valence-electron chi connectivity index (χ0n) is 23.8. The number of aromatic amines is 1. The van der Waals surface area contributed by atoms with E-state index in [-0.39, 0.29) is 29.2 Å². The Bertz CT molecular complexity index is 1410. The Kier molecular flexibility index (Phi) is 10.5. The molecule has 2 aromatic heterocycles. The average molecular weight is 571 g/mol. The predicted molar refractivity (Wildman–Crippen MR) is 157 cm³/mol. The summed E-state index contributed by atoms with van der Waals surface area (Å²) in [4.78, 5) is 27.4. The average Bonchev–Trinajstić information content (AvgIpc) is 3.56. The first-order chi connectivity index (χ1) is 19.0. The standard InChI is InChI=1S/C29H37F2N6O2P/c1-7-8-9-10-20(30)18(4)13-21(32)25-24-22(33-15-34-24)11-12-37(25)29(38)27(19(5)28(31)40)39-26(17(2)3)23-14-36(6)16-35-23/h8-10,13-16,25,28,32H,7,11-12,40H2,1-6H3,(H,33,34)/b9-8-,18-13+,20-10+,27-19+,32-21?. The molecule has 0 spiro atoms. The molecule has 0 saturated carbocycles. The predicted octanol–water partition coefficient (Wildman–Crippen LogP) is 6.27. The van der Waals surface area contributed by atoms with E-state index in [1.807, 2.05) is 43.1 Å². The lowest BCUT2D eigenvalue weighted by Gasteiger charge is -2.35. The van der Waals surface area contributed by atoms with E-state index in [1.54, 1.807) is 30.1 Å². The summed E-state index contributed by atoms with van der Waals surface area (Å²) in [5.74, 6) is -2.51. The van der Waals surface area contributed by atoms with Crippen molar-refractivity contribution in [1.29, 1.82) is 5.41 Å². The fourth-order valence-electron chi connectivity index (χ4n) is 4.20. The molecular weight excluding hydrogens is 533 g/mol. The number of aryl methyl sites for hydroxylation is 1. The molecule has 0 saturated heterocycles. The molecule has 8 nitrogen and oxygen atoms in total. The van der Waals surface area contributed by atoms with Gasteiger partial charge in [0.15, 0.2) is 11.5 Å². The Balaban J connectivity index is 2.06. The number of allylic oxidation sites excluding steroid dienone is 7. The first-order valence-electron chi connectivity index (χ1n) is 13.0. The van der Waals surface area contributed by atoms with Crippen molar-refractivity contribution < 1.29 is 18.3 Å². The van der Waals surface area contributed by atoms with Crippen LogP contribution in [0.15, 0.2) is 71.5 Å². The fraction of sp³-hybridized carbons (Fsp3) is 0.379. The molecule has 0 aliphatic carbocycles. The van der Waals surface area contributed by atoms with Crippen molar-refractivity contribution in [3.8, 4) is 0 Å². The number of alkyl halides is 1. The highest BCUT2D eigenvalue weighted by molar-refractivity contribution is 7.17. The molecule has 3 heterocycles. The Morgan fingerprint density at radius 1 is 1.32 bits per heavy atom. The Morgan fingerprint density at radius 3 is 2.65 bits per heavy atom. The van der Waals surface area contributed by atoms with Gasteiger partial charge in [-0.3, -0.25) is 4.79 Å². The van der Waals surface area contributed by atoms with E-state index in [0.29, 0.717) is 23.6 Å². The minimum absolute atomic E-state index is 0.0336. The summed E-state index contributed by atoms with van der Waals surface area (Å²) in [6, 6.07) is -0.935. The van der Waals surface area contributed by atoms with Crippen molar-refractivity contribution >= 4 is 26.6 Å². The molecule has 2 aromatic rings. The van der Waals surface area contributed by atoms with Gasteiger partial charge in [0.1, 0.15) is 23.5 Å². The van der Waals surface area contributed by atoms with Gasteiger partial charge in [0, 0.05) is 37.5 Å². The quantitative estimate of drug-likeness (QED) is 0.116. The van der Waals surface area contributed by atoms with Crippen LogP contribution >= 0.6 is 9.24 Å². The van der Waals surface area contributed by atoms with Crippen LogP contribution in [0.25, 0.3) is 5.76 Å². The van der Waals surface area contributed by atoms with Crippen LogP contribution in [0.3, 0.4) is 0 Å². The van der Waals surface area contributed by atoms with Crippen molar-refractivity contribution in [2.45, 2.75) is 59.4 Å². The van der Waals surface area contributed by atoms with Gasteiger partial charge in [0.25, 0.3) is 5.91 Å². The fourth-order valence-corrected chi connectivity index (χ4v) is 4.35. The highest BCUT2D eigenvalue weighted by atomic mass is 31.0. The largest absolute Gasteiger partial charge is 0.449 e. The molecule has 0 aromatic carbocycles. The second-order valence-electron chi connectivity index (χ2n) is 9.82. The number of amides is 1. The lowest BCUT2D eigenvalue weighted by Crippen LogP contribution is -2.44. The summed E-state index contributed by atoms with van der Waals surface area (Å²) in [5, 5.41) is 8.90. The van der Waals surface area contributed by atoms with Gasteiger partial charge in [-0.05, 0) is 57.4 Å². The number of carbonyl (C=O) groups is 1. The van der Waals surface area contributed by atoms with Gasteiger partial charge in [-0.15, -0.1) is 0 Å². The maximum absolute atomic E-state index is 14.7. The molecule has 3 rings (SSSR count). The maximum atomic E-state index is 14.7. The highest BCUT2D eigenvalue weighted by Gasteiger charge is 2.38. The number of halogens is 2. The molecule has 1 amide bonds. The number of ether oxygens (including phenoxy) is 1. The van der Waals surface area contributed by atoms with Crippen LogP contribution in [0, 0.1) is 5.41 Å². The summed E-state index contributed by atoms with van der Waals surface area (Å²) < 4.78 is 37.3. The van der Waals surface area contributed by atoms with Crippen LogP contribution < -0.4 is 0 Å². The number of nitrogens with one attached hydrogen (secondary N) is 2. The molecule has 0 bridgehead atoms. The summed E-state index contributed by atoms with van der Waals surface area (Å²) >= 11 is 0. The van der Waals surface area contributed by atoms with Crippen LogP contribution in [0.2, 0.25) is 0 Å². The molecule has 40 heavy (non-hydrogen) atoms. The molecule has 214 valence electrons. The van der Waals surface area contributed by atoms with Crippen LogP contribution in [0.1, 0.15) is 64.2 Å². The number of imidazole rings is 2. The third-order valence-corrected chi connectivity index (χ3v) is 6.91. The first kappa shape index (κ1) is 30.9. The molecule has 1 aliphatic rings. The number of aromatic nitrogens is 4. The van der Waals surface area contributed by atoms with E-state index in [4.69, 9.17) is 10.1 Å². The van der Waals surface area contributed by atoms with Gasteiger partial charge in [0.2, 0.25) is 0 Å². The number of hydrogen-bond donors (Lipinski definition) is 2. The summed E-state index contributed by atoms with van der Waals surface area (Å²) in [6.07, 6.45) is 12.2. The zero-order valence-corrected chi connectivity index (χ0v) is 24.9. The van der Waals surface area contributed by atoms with Gasteiger partial charge in [-0.2, -0.15) is 0 Å². The maximum Gasteiger partial charge on any atom is 0.290 e. The summed E-state index contributed by atoms with van der Waals surface area (Å²) in [6.45, 7) is 8.85. The topological polar surface area (TPSA) is 99.9 Å². The van der Waals surface area contributed by atoms with Gasteiger partial charge in [-0.25, -0.2) is 18.7 Å². The SMILES string of the molecule is CC\C=C/C=C(F)\C(C)=C\C(=N)C1c2nc[nH]c2CCN1C(=O)/C(OC(=C(C)C)c1cn(C)cn1)=C(/C)C(F)P. The molecule has 3 unspecified atom stereocenters. The lowest BCUT2D eigenvalue weighted by molar-refractivity contribution is -0.131. The normalized spacial score (nSPS) is 17.4. The van der Waals surface area contributed by atoms with Crippen LogP contribution in [0.5, 0.6) is 0 Å². The van der Waals surface area contributed by atoms with E-state index >= 15 is 0 Å². The van der Waals surface area contributed by atoms with Crippen LogP contribution in [-0.2, 0) is 23.0 Å². The Labute approximate surface area is 236 Å². The van der Waals surface area contributed by atoms with E-state index in [1.165, 1.54) is 30.3 Å². The van der Waals surface area contributed by atoms with Crippen molar-refractivity contribution in [2.75, 3.05) is 6.54 Å². The van der Waals surface area contributed by atoms with Crippen LogP contribution in [0.4, 0.5) is 8.78 Å². The molecule has 2 N–H and O–H groups in total. The number of nitrogens with zero attached hydrogens (tertiary/aromatic N) is 4. The highest BCUT2D eigenvalue weighted by Crippen LogP contribution is 2.34. The van der Waals surface area contributed by atoms with Gasteiger partial charge < -0.3 is 24.6 Å². The second-order valence-corrected chi connectivity index (χ2v) is 10.4. The van der Waals surface area contributed by atoms with Gasteiger partial charge >= 0.3 is 0 Å². The number of hydrogen-bond acceptors (Lipinski definition) is 5. The third kappa shape index (κ3) is 7.10. The molecular formula is C29H37F2N6O2P.